The lowest BCUT2D eigenvalue weighted by Gasteiger charge is -2.14. The van der Waals surface area contributed by atoms with E-state index in [1.54, 1.807) is 30.3 Å². The van der Waals surface area contributed by atoms with Gasteiger partial charge < -0.3 is 14.2 Å². The fourth-order valence-corrected chi connectivity index (χ4v) is 4.15. The molecular formula is C17H17N3O6S. The second-order valence-corrected chi connectivity index (χ2v) is 7.08. The summed E-state index contributed by atoms with van der Waals surface area (Å²) in [5.41, 5.74) is 0.670. The van der Waals surface area contributed by atoms with Crippen LogP contribution in [0.25, 0.3) is 11.0 Å². The zero-order chi connectivity index (χ0) is 19.6. The SMILES string of the molecule is COC(=O)Nc1nc2ccccc2n1S(=O)(=O)c1cc(OC)ccc1OC. The van der Waals surface area contributed by atoms with E-state index in [1.807, 2.05) is 0 Å². The van der Waals surface area contributed by atoms with Crippen molar-refractivity contribution in [1.82, 2.24) is 8.96 Å². The number of methoxy groups -OCH3 is 3. The molecule has 0 radical (unpaired) electrons. The van der Waals surface area contributed by atoms with Gasteiger partial charge in [-0.25, -0.2) is 22.2 Å². The molecular weight excluding hydrogens is 374 g/mol. The van der Waals surface area contributed by atoms with Gasteiger partial charge >= 0.3 is 6.09 Å². The largest absolute Gasteiger partial charge is 0.497 e. The maximum Gasteiger partial charge on any atom is 0.413 e. The van der Waals surface area contributed by atoms with Gasteiger partial charge in [0.05, 0.1) is 32.4 Å². The lowest BCUT2D eigenvalue weighted by molar-refractivity contribution is 0.186. The summed E-state index contributed by atoms with van der Waals surface area (Å²) in [6.45, 7) is 0. The van der Waals surface area contributed by atoms with Crippen LogP contribution in [0.3, 0.4) is 0 Å². The van der Waals surface area contributed by atoms with Crippen molar-refractivity contribution >= 4 is 33.1 Å². The molecule has 142 valence electrons. The molecule has 3 aromatic rings. The van der Waals surface area contributed by atoms with Gasteiger partial charge in [-0.2, -0.15) is 0 Å². The first-order valence-corrected chi connectivity index (χ1v) is 9.16. The molecule has 1 N–H and O–H groups in total. The van der Waals surface area contributed by atoms with Gasteiger partial charge in [0.15, 0.2) is 0 Å². The molecule has 0 bridgehead atoms. The lowest BCUT2D eigenvalue weighted by Crippen LogP contribution is -2.20. The predicted octanol–water partition coefficient (Wildman–Crippen LogP) is 2.47. The minimum atomic E-state index is -4.20. The monoisotopic (exact) mass is 391 g/mol. The molecule has 1 heterocycles. The summed E-state index contributed by atoms with van der Waals surface area (Å²) >= 11 is 0. The highest BCUT2D eigenvalue weighted by atomic mass is 32.2. The Morgan fingerprint density at radius 1 is 1.07 bits per heavy atom. The standard InChI is InChI=1S/C17H17N3O6S/c1-24-11-8-9-14(25-2)15(10-11)27(22,23)20-13-7-5-4-6-12(13)18-16(20)19-17(21)26-3/h4-10H,1-3H3,(H,18,19,21). The molecule has 1 amide bonds. The van der Waals surface area contributed by atoms with Crippen molar-refractivity contribution in [3.8, 4) is 11.5 Å². The van der Waals surface area contributed by atoms with Crippen molar-refractivity contribution < 1.29 is 27.4 Å². The number of aromatic nitrogens is 2. The Balaban J connectivity index is 2.30. The van der Waals surface area contributed by atoms with Gasteiger partial charge in [0.1, 0.15) is 16.4 Å². The Bertz CT molecular complexity index is 1110. The Labute approximate surface area is 155 Å². The molecule has 0 aliphatic heterocycles. The van der Waals surface area contributed by atoms with Crippen LogP contribution in [0.1, 0.15) is 0 Å². The van der Waals surface area contributed by atoms with Crippen molar-refractivity contribution in [2.45, 2.75) is 4.90 Å². The van der Waals surface area contributed by atoms with Gasteiger partial charge in [0.2, 0.25) is 5.95 Å². The molecule has 0 fully saturated rings. The number of carbonyl (C=O) groups is 1. The van der Waals surface area contributed by atoms with Gasteiger partial charge in [-0.3, -0.25) is 5.32 Å². The Kier molecular flexibility index (Phi) is 4.91. The molecule has 10 heteroatoms. The van der Waals surface area contributed by atoms with Crippen LogP contribution in [0.5, 0.6) is 11.5 Å². The molecule has 0 unspecified atom stereocenters. The number of rotatable bonds is 5. The third kappa shape index (κ3) is 3.26. The van der Waals surface area contributed by atoms with Gasteiger partial charge in [-0.15, -0.1) is 0 Å². The number of hydrogen-bond donors (Lipinski definition) is 1. The first kappa shape index (κ1) is 18.5. The zero-order valence-electron chi connectivity index (χ0n) is 14.8. The highest BCUT2D eigenvalue weighted by Crippen LogP contribution is 2.33. The minimum Gasteiger partial charge on any atom is -0.497 e. The number of imidazole rings is 1. The average Bonchev–Trinajstić information content (AvgIpc) is 3.05. The third-order valence-electron chi connectivity index (χ3n) is 3.81. The second-order valence-electron chi connectivity index (χ2n) is 5.33. The van der Waals surface area contributed by atoms with Gasteiger partial charge in [-0.05, 0) is 24.3 Å². The molecule has 1 aromatic heterocycles. The predicted molar refractivity (Wildman–Crippen MR) is 97.9 cm³/mol. The van der Waals surface area contributed by atoms with Crippen molar-refractivity contribution in [3.05, 3.63) is 42.5 Å². The number of amides is 1. The molecule has 0 aliphatic carbocycles. The van der Waals surface area contributed by atoms with Crippen LogP contribution in [-0.4, -0.2) is 44.8 Å². The second kappa shape index (κ2) is 7.16. The number of hydrogen-bond acceptors (Lipinski definition) is 7. The quantitative estimate of drug-likeness (QED) is 0.711. The van der Waals surface area contributed by atoms with Gasteiger partial charge in [0.25, 0.3) is 10.0 Å². The van der Waals surface area contributed by atoms with Gasteiger partial charge in [-0.1, -0.05) is 12.1 Å². The van der Waals surface area contributed by atoms with Crippen molar-refractivity contribution in [3.63, 3.8) is 0 Å². The molecule has 0 saturated heterocycles. The average molecular weight is 391 g/mol. The van der Waals surface area contributed by atoms with E-state index in [4.69, 9.17) is 9.47 Å². The summed E-state index contributed by atoms with van der Waals surface area (Å²) in [6.07, 6.45) is -0.848. The number of benzene rings is 2. The summed E-state index contributed by atoms with van der Waals surface area (Å²) in [5, 5.41) is 2.33. The number of nitrogens with one attached hydrogen (secondary N) is 1. The van der Waals surface area contributed by atoms with Crippen LogP contribution < -0.4 is 14.8 Å². The van der Waals surface area contributed by atoms with E-state index in [-0.39, 0.29) is 22.1 Å². The van der Waals surface area contributed by atoms with Crippen LogP contribution in [0, 0.1) is 0 Å². The number of fused-ring (bicyclic) bond motifs is 1. The fourth-order valence-electron chi connectivity index (χ4n) is 2.55. The van der Waals surface area contributed by atoms with E-state index in [0.29, 0.717) is 11.3 Å². The minimum absolute atomic E-state index is 0.123. The maximum atomic E-state index is 13.4. The smallest absolute Gasteiger partial charge is 0.413 e. The summed E-state index contributed by atoms with van der Waals surface area (Å²) < 4.78 is 42.7. The van der Waals surface area contributed by atoms with Crippen molar-refractivity contribution in [2.75, 3.05) is 26.6 Å². The number of para-hydroxylation sites is 2. The molecule has 27 heavy (non-hydrogen) atoms. The number of nitrogens with zero attached hydrogens (tertiary/aromatic N) is 2. The molecule has 0 spiro atoms. The Morgan fingerprint density at radius 2 is 1.81 bits per heavy atom. The van der Waals surface area contributed by atoms with E-state index in [1.165, 1.54) is 33.5 Å². The first-order chi connectivity index (χ1) is 12.9. The van der Waals surface area contributed by atoms with Crippen LogP contribution >= 0.6 is 0 Å². The van der Waals surface area contributed by atoms with Crippen molar-refractivity contribution in [2.24, 2.45) is 0 Å². The van der Waals surface area contributed by atoms with Crippen molar-refractivity contribution in [1.29, 1.82) is 0 Å². The fraction of sp³-hybridized carbons (Fsp3) is 0.176. The van der Waals surface area contributed by atoms with E-state index in [0.717, 1.165) is 3.97 Å². The molecule has 3 rings (SSSR count). The summed E-state index contributed by atoms with van der Waals surface area (Å²) in [4.78, 5) is 15.7. The number of anilines is 1. The Morgan fingerprint density at radius 3 is 2.48 bits per heavy atom. The highest BCUT2D eigenvalue weighted by molar-refractivity contribution is 7.90. The van der Waals surface area contributed by atoms with Crippen LogP contribution in [0.2, 0.25) is 0 Å². The summed E-state index contributed by atoms with van der Waals surface area (Å²) in [6, 6.07) is 11.0. The molecule has 9 nitrogen and oxygen atoms in total. The van der Waals surface area contributed by atoms with Crippen LogP contribution in [0.4, 0.5) is 10.7 Å². The third-order valence-corrected chi connectivity index (χ3v) is 5.53. The first-order valence-electron chi connectivity index (χ1n) is 7.72. The number of ether oxygens (including phenoxy) is 3. The summed E-state index contributed by atoms with van der Waals surface area (Å²) in [7, 11) is -0.247. The van der Waals surface area contributed by atoms with Crippen LogP contribution in [0.15, 0.2) is 47.4 Å². The normalized spacial score (nSPS) is 11.2. The van der Waals surface area contributed by atoms with E-state index < -0.39 is 16.1 Å². The van der Waals surface area contributed by atoms with Crippen LogP contribution in [-0.2, 0) is 14.8 Å². The zero-order valence-corrected chi connectivity index (χ0v) is 15.6. The van der Waals surface area contributed by atoms with E-state index >= 15 is 0 Å². The number of carbonyl (C=O) groups excluding carboxylic acids is 1. The van der Waals surface area contributed by atoms with E-state index in [9.17, 15) is 13.2 Å². The molecule has 2 aromatic carbocycles. The molecule has 0 saturated carbocycles. The van der Waals surface area contributed by atoms with E-state index in [2.05, 4.69) is 15.0 Å². The Hall–Kier alpha value is -3.27. The lowest BCUT2D eigenvalue weighted by atomic mass is 10.3. The maximum absolute atomic E-state index is 13.4. The topological polar surface area (TPSA) is 109 Å². The van der Waals surface area contributed by atoms with Gasteiger partial charge in [0, 0.05) is 6.07 Å². The highest BCUT2D eigenvalue weighted by Gasteiger charge is 2.29. The molecule has 0 atom stereocenters. The molecule has 0 aliphatic rings. The summed E-state index contributed by atoms with van der Waals surface area (Å²) in [5.74, 6) is 0.256.